The van der Waals surface area contributed by atoms with Crippen LogP contribution < -0.4 is 0 Å². The molecule has 1 nitrogen and oxygen atoms in total. The summed E-state index contributed by atoms with van der Waals surface area (Å²) in [5.41, 5.74) is 3.61. The first-order chi connectivity index (χ1) is 17.1. The molecular formula is C30H20Br2OS2. The Hall–Kier alpha value is -2.44. The molecule has 0 amide bonds. The van der Waals surface area contributed by atoms with Gasteiger partial charge < -0.3 is 5.11 Å². The van der Waals surface area contributed by atoms with Crippen molar-refractivity contribution in [3.05, 3.63) is 124 Å². The van der Waals surface area contributed by atoms with Crippen molar-refractivity contribution in [3.63, 3.8) is 0 Å². The van der Waals surface area contributed by atoms with Crippen LogP contribution in [0.2, 0.25) is 0 Å². The molecule has 0 aliphatic heterocycles. The van der Waals surface area contributed by atoms with Gasteiger partial charge in [-0.2, -0.15) is 0 Å². The number of phenols is 1. The van der Waals surface area contributed by atoms with Gasteiger partial charge in [-0.3, -0.25) is 0 Å². The number of benzene rings is 5. The molecule has 35 heavy (non-hydrogen) atoms. The number of rotatable bonds is 6. The predicted molar refractivity (Wildman–Crippen MR) is 156 cm³/mol. The third kappa shape index (κ3) is 5.70. The van der Waals surface area contributed by atoms with Gasteiger partial charge in [0.15, 0.2) is 0 Å². The van der Waals surface area contributed by atoms with E-state index in [1.54, 1.807) is 23.5 Å². The molecule has 5 rings (SSSR count). The van der Waals surface area contributed by atoms with Crippen molar-refractivity contribution in [1.29, 1.82) is 0 Å². The molecule has 1 N–H and O–H groups in total. The quantitative estimate of drug-likeness (QED) is 0.204. The van der Waals surface area contributed by atoms with Crippen LogP contribution in [-0.2, 0) is 0 Å². The smallest absolute Gasteiger partial charge is 0.133 e. The maximum absolute atomic E-state index is 11.9. The SMILES string of the molecule is Oc1c(-c2ccc(Br)cc2)c(Sc2ccccc2)cc(Sc2ccccc2)c1-c1ccc(Br)cc1. The topological polar surface area (TPSA) is 20.2 Å². The van der Waals surface area contributed by atoms with Crippen molar-refractivity contribution < 1.29 is 5.11 Å². The Bertz CT molecular complexity index is 1330. The maximum Gasteiger partial charge on any atom is 0.133 e. The Morgan fingerprint density at radius 3 is 1.23 bits per heavy atom. The molecule has 0 unspecified atom stereocenters. The van der Waals surface area contributed by atoms with Crippen molar-refractivity contribution in [2.75, 3.05) is 0 Å². The molecule has 172 valence electrons. The third-order valence-corrected chi connectivity index (χ3v) is 8.59. The summed E-state index contributed by atoms with van der Waals surface area (Å²) in [6.07, 6.45) is 0. The molecule has 5 aromatic carbocycles. The van der Waals surface area contributed by atoms with Gasteiger partial charge in [0.05, 0.1) is 0 Å². The Kier molecular flexibility index (Phi) is 7.69. The number of hydrogen-bond acceptors (Lipinski definition) is 3. The number of aromatic hydroxyl groups is 1. The van der Waals surface area contributed by atoms with Gasteiger partial charge in [0.1, 0.15) is 5.75 Å². The van der Waals surface area contributed by atoms with Crippen LogP contribution in [-0.4, -0.2) is 5.11 Å². The first kappa shape index (κ1) is 24.3. The lowest BCUT2D eigenvalue weighted by Gasteiger charge is -2.20. The molecule has 0 aliphatic carbocycles. The number of hydrogen-bond donors (Lipinski definition) is 1. The molecule has 0 saturated heterocycles. The van der Waals surface area contributed by atoms with Crippen LogP contribution in [0, 0.1) is 0 Å². The van der Waals surface area contributed by atoms with E-state index in [0.717, 1.165) is 50.8 Å². The lowest BCUT2D eigenvalue weighted by atomic mass is 9.97. The van der Waals surface area contributed by atoms with Gasteiger partial charge >= 0.3 is 0 Å². The van der Waals surface area contributed by atoms with Crippen LogP contribution in [0.15, 0.2) is 144 Å². The van der Waals surface area contributed by atoms with E-state index in [9.17, 15) is 5.11 Å². The summed E-state index contributed by atoms with van der Waals surface area (Å²) in [4.78, 5) is 4.26. The average molecular weight is 620 g/mol. The highest BCUT2D eigenvalue weighted by molar-refractivity contribution is 9.10. The minimum Gasteiger partial charge on any atom is -0.507 e. The molecule has 0 aromatic heterocycles. The second-order valence-electron chi connectivity index (χ2n) is 7.82. The molecule has 0 saturated carbocycles. The largest absolute Gasteiger partial charge is 0.507 e. The molecular weight excluding hydrogens is 600 g/mol. The highest BCUT2D eigenvalue weighted by Gasteiger charge is 2.22. The number of phenolic OH excluding ortho intramolecular Hbond substituents is 1. The molecule has 0 bridgehead atoms. The van der Waals surface area contributed by atoms with E-state index in [0.29, 0.717) is 0 Å². The summed E-state index contributed by atoms with van der Waals surface area (Å²) in [5, 5.41) is 11.9. The van der Waals surface area contributed by atoms with Gasteiger partial charge in [0.25, 0.3) is 0 Å². The minimum absolute atomic E-state index is 0.286. The van der Waals surface area contributed by atoms with Crippen molar-refractivity contribution in [1.82, 2.24) is 0 Å². The minimum atomic E-state index is 0.286. The first-order valence-corrected chi connectivity index (χ1v) is 14.2. The van der Waals surface area contributed by atoms with Gasteiger partial charge in [-0.15, -0.1) is 0 Å². The second-order valence-corrected chi connectivity index (χ2v) is 11.9. The highest BCUT2D eigenvalue weighted by atomic mass is 79.9. The molecule has 0 fully saturated rings. The monoisotopic (exact) mass is 618 g/mol. The van der Waals surface area contributed by atoms with Crippen LogP contribution in [0.5, 0.6) is 5.75 Å². The molecule has 0 radical (unpaired) electrons. The van der Waals surface area contributed by atoms with E-state index in [1.807, 2.05) is 84.9 Å². The van der Waals surface area contributed by atoms with Gasteiger partial charge in [0.2, 0.25) is 0 Å². The normalized spacial score (nSPS) is 10.9. The third-order valence-electron chi connectivity index (χ3n) is 5.44. The summed E-state index contributed by atoms with van der Waals surface area (Å²) in [6, 6.07) is 39.0. The van der Waals surface area contributed by atoms with Gasteiger partial charge in [-0.1, -0.05) is 116 Å². The van der Waals surface area contributed by atoms with Crippen molar-refractivity contribution >= 4 is 55.4 Å². The van der Waals surface area contributed by atoms with E-state index < -0.39 is 0 Å². The maximum atomic E-state index is 11.9. The summed E-state index contributed by atoms with van der Waals surface area (Å²) < 4.78 is 2.00. The van der Waals surface area contributed by atoms with Gasteiger partial charge in [-0.05, 0) is 65.7 Å². The molecule has 0 atom stereocenters. The summed E-state index contributed by atoms with van der Waals surface area (Å²) in [5.74, 6) is 0.286. The van der Waals surface area contributed by atoms with E-state index in [2.05, 4.69) is 62.2 Å². The second kappa shape index (κ2) is 11.1. The fourth-order valence-electron chi connectivity index (χ4n) is 3.80. The number of halogens is 2. The summed E-state index contributed by atoms with van der Waals surface area (Å²) >= 11 is 10.4. The van der Waals surface area contributed by atoms with Crippen LogP contribution in [0.25, 0.3) is 22.3 Å². The Balaban J connectivity index is 1.76. The molecule has 0 aliphatic rings. The molecule has 5 aromatic rings. The highest BCUT2D eigenvalue weighted by Crippen LogP contribution is 2.51. The average Bonchev–Trinajstić information content (AvgIpc) is 2.87. The van der Waals surface area contributed by atoms with Crippen LogP contribution in [0.3, 0.4) is 0 Å². The first-order valence-electron chi connectivity index (χ1n) is 11.0. The Morgan fingerprint density at radius 1 is 0.486 bits per heavy atom. The molecule has 0 heterocycles. The van der Waals surface area contributed by atoms with Crippen LogP contribution in [0.1, 0.15) is 0 Å². The van der Waals surface area contributed by atoms with E-state index in [1.165, 1.54) is 0 Å². The van der Waals surface area contributed by atoms with Crippen molar-refractivity contribution in [2.24, 2.45) is 0 Å². The zero-order valence-corrected chi connectivity index (χ0v) is 23.3. The van der Waals surface area contributed by atoms with E-state index >= 15 is 0 Å². The van der Waals surface area contributed by atoms with E-state index in [4.69, 9.17) is 0 Å². The van der Waals surface area contributed by atoms with Gasteiger partial charge in [-0.25, -0.2) is 0 Å². The molecule has 0 spiro atoms. The van der Waals surface area contributed by atoms with Crippen LogP contribution >= 0.6 is 55.4 Å². The lowest BCUT2D eigenvalue weighted by Crippen LogP contribution is -1.92. The molecule has 5 heteroatoms. The zero-order chi connectivity index (χ0) is 24.2. The zero-order valence-electron chi connectivity index (χ0n) is 18.5. The van der Waals surface area contributed by atoms with Crippen molar-refractivity contribution in [3.8, 4) is 28.0 Å². The Morgan fingerprint density at radius 2 is 0.857 bits per heavy atom. The van der Waals surface area contributed by atoms with Crippen molar-refractivity contribution in [2.45, 2.75) is 19.6 Å². The van der Waals surface area contributed by atoms with E-state index in [-0.39, 0.29) is 5.75 Å². The lowest BCUT2D eigenvalue weighted by molar-refractivity contribution is 0.476. The summed E-state index contributed by atoms with van der Waals surface area (Å²) in [7, 11) is 0. The fourth-order valence-corrected chi connectivity index (χ4v) is 6.49. The standard InChI is InChI=1S/C30H20Br2OS2/c31-22-15-11-20(12-16-22)28-26(34-24-7-3-1-4-8-24)19-27(35-25-9-5-2-6-10-25)29(30(28)33)21-13-17-23(32)18-14-21/h1-19,33H. The fraction of sp³-hybridized carbons (Fsp3) is 0. The Labute approximate surface area is 230 Å². The van der Waals surface area contributed by atoms with Gasteiger partial charge in [0, 0.05) is 39.7 Å². The van der Waals surface area contributed by atoms with Crippen LogP contribution in [0.4, 0.5) is 0 Å². The summed E-state index contributed by atoms with van der Waals surface area (Å²) in [6.45, 7) is 0. The predicted octanol–water partition coefficient (Wildman–Crippen LogP) is 10.6.